The normalized spacial score (nSPS) is 24.2. The number of ether oxygens (including phenoxy) is 2. The van der Waals surface area contributed by atoms with Crippen molar-refractivity contribution in [3.8, 4) is 17.5 Å². The number of anilines is 1. The van der Waals surface area contributed by atoms with Crippen molar-refractivity contribution in [2.45, 2.75) is 69.6 Å². The Morgan fingerprint density at radius 1 is 1.16 bits per heavy atom. The number of rotatable bonds is 4. The minimum Gasteiger partial charge on any atom is -0.377 e. The van der Waals surface area contributed by atoms with Gasteiger partial charge in [-0.3, -0.25) is 9.78 Å². The average Bonchev–Trinajstić information content (AvgIpc) is 3.43. The third kappa shape index (κ3) is 4.28. The molecule has 0 spiro atoms. The lowest BCUT2D eigenvalue weighted by Gasteiger charge is -2.36. The lowest BCUT2D eigenvalue weighted by atomic mass is 9.69. The topological polar surface area (TPSA) is 106 Å². The van der Waals surface area contributed by atoms with Crippen molar-refractivity contribution in [2.75, 3.05) is 31.3 Å². The second kappa shape index (κ2) is 9.84. The Kier molecular flexibility index (Phi) is 6.39. The van der Waals surface area contributed by atoms with Crippen LogP contribution in [0.3, 0.4) is 0 Å². The smallest absolute Gasteiger partial charge is 0.150 e. The molecule has 6 rings (SSSR count). The lowest BCUT2D eigenvalue weighted by molar-refractivity contribution is -0.120. The standard InChI is InChI=1S/C28H32N6O3/c1-19-17-36-15-13-33(19)24-16-22(28(18-29)9-5-20(35)6-10-28)21-7-11-30-27(26(21)32-24)23-8-12-31-34(23)25-4-2-3-14-37-25/h7-8,11-12,16,19,25H,2-6,9-10,13-15,17H2,1H3/t19-,25?/m1/s1. The number of nitriles is 1. The molecule has 1 aliphatic carbocycles. The Balaban J connectivity index is 1.56. The van der Waals surface area contributed by atoms with Crippen LogP contribution < -0.4 is 4.90 Å². The van der Waals surface area contributed by atoms with Gasteiger partial charge in [-0.2, -0.15) is 10.4 Å². The summed E-state index contributed by atoms with van der Waals surface area (Å²) >= 11 is 0. The van der Waals surface area contributed by atoms with Gasteiger partial charge in [0.1, 0.15) is 22.8 Å². The van der Waals surface area contributed by atoms with Crippen molar-refractivity contribution < 1.29 is 14.3 Å². The second-order valence-corrected chi connectivity index (χ2v) is 10.4. The fourth-order valence-corrected chi connectivity index (χ4v) is 5.98. The number of Topliss-reactive ketones (excluding diaryl/α,β-unsaturated/α-hetero) is 1. The summed E-state index contributed by atoms with van der Waals surface area (Å²) in [6.07, 6.45) is 8.38. The van der Waals surface area contributed by atoms with Gasteiger partial charge in [-0.15, -0.1) is 0 Å². The van der Waals surface area contributed by atoms with Crippen LogP contribution in [0.2, 0.25) is 0 Å². The third-order valence-corrected chi connectivity index (χ3v) is 8.11. The van der Waals surface area contributed by atoms with E-state index in [0.29, 0.717) is 38.9 Å². The molecule has 5 heterocycles. The summed E-state index contributed by atoms with van der Waals surface area (Å²) in [4.78, 5) is 24.4. The molecule has 3 fully saturated rings. The minimum atomic E-state index is -0.745. The number of hydrogen-bond acceptors (Lipinski definition) is 8. The van der Waals surface area contributed by atoms with Gasteiger partial charge in [-0.1, -0.05) is 0 Å². The van der Waals surface area contributed by atoms with Gasteiger partial charge in [0.25, 0.3) is 0 Å². The first kappa shape index (κ1) is 24.0. The molecule has 3 aromatic heterocycles. The van der Waals surface area contributed by atoms with Crippen LogP contribution in [-0.4, -0.2) is 57.9 Å². The zero-order valence-corrected chi connectivity index (χ0v) is 21.2. The van der Waals surface area contributed by atoms with Crippen LogP contribution in [0, 0.1) is 11.3 Å². The van der Waals surface area contributed by atoms with Crippen LogP contribution in [-0.2, 0) is 19.7 Å². The van der Waals surface area contributed by atoms with Gasteiger partial charge in [-0.25, -0.2) is 9.67 Å². The highest BCUT2D eigenvalue weighted by Gasteiger charge is 2.39. The first-order valence-electron chi connectivity index (χ1n) is 13.3. The van der Waals surface area contributed by atoms with Crippen molar-refractivity contribution in [3.05, 3.63) is 36.2 Å². The van der Waals surface area contributed by atoms with Crippen molar-refractivity contribution in [1.29, 1.82) is 5.26 Å². The van der Waals surface area contributed by atoms with Gasteiger partial charge in [-0.05, 0) is 62.8 Å². The number of carbonyl (C=O) groups excluding carboxylic acids is 1. The molecule has 2 saturated heterocycles. The highest BCUT2D eigenvalue weighted by molar-refractivity contribution is 5.95. The molecule has 0 aromatic carbocycles. The van der Waals surface area contributed by atoms with Crippen molar-refractivity contribution in [3.63, 3.8) is 0 Å². The van der Waals surface area contributed by atoms with Crippen LogP contribution in [0.15, 0.2) is 30.6 Å². The molecular weight excluding hydrogens is 468 g/mol. The van der Waals surface area contributed by atoms with Gasteiger partial charge in [0.2, 0.25) is 0 Å². The molecule has 0 amide bonds. The SMILES string of the molecule is C[C@@H]1COCCN1c1cc(C2(C#N)CCC(=O)CC2)c2ccnc(-c3ccnn3C3CCCCO3)c2n1. The van der Waals surface area contributed by atoms with E-state index < -0.39 is 5.41 Å². The summed E-state index contributed by atoms with van der Waals surface area (Å²) in [6, 6.07) is 8.78. The molecule has 2 atom stereocenters. The van der Waals surface area contributed by atoms with E-state index in [1.54, 1.807) is 12.4 Å². The molecule has 9 heteroatoms. The number of pyridine rings is 2. The van der Waals surface area contributed by atoms with Crippen molar-refractivity contribution >= 4 is 22.5 Å². The van der Waals surface area contributed by atoms with Crippen LogP contribution >= 0.6 is 0 Å². The summed E-state index contributed by atoms with van der Waals surface area (Å²) in [6.45, 7) is 4.82. The average molecular weight is 501 g/mol. The number of hydrogen-bond donors (Lipinski definition) is 0. The summed E-state index contributed by atoms with van der Waals surface area (Å²) < 4.78 is 13.7. The highest BCUT2D eigenvalue weighted by atomic mass is 16.5. The maximum absolute atomic E-state index is 12.1. The first-order chi connectivity index (χ1) is 18.1. The van der Waals surface area contributed by atoms with E-state index in [-0.39, 0.29) is 18.1 Å². The summed E-state index contributed by atoms with van der Waals surface area (Å²) in [5, 5.41) is 16.0. The predicted molar refractivity (Wildman–Crippen MR) is 138 cm³/mol. The van der Waals surface area contributed by atoms with Crippen LogP contribution in [0.1, 0.15) is 63.7 Å². The van der Waals surface area contributed by atoms with Crippen LogP contribution in [0.25, 0.3) is 22.3 Å². The second-order valence-electron chi connectivity index (χ2n) is 10.4. The van der Waals surface area contributed by atoms with Crippen LogP contribution in [0.5, 0.6) is 0 Å². The molecule has 9 nitrogen and oxygen atoms in total. The van der Waals surface area contributed by atoms with Gasteiger partial charge in [0.05, 0.1) is 36.4 Å². The fraction of sp³-hybridized carbons (Fsp3) is 0.536. The molecule has 1 unspecified atom stereocenters. The zero-order chi connectivity index (χ0) is 25.4. The summed E-state index contributed by atoms with van der Waals surface area (Å²) in [7, 11) is 0. The first-order valence-corrected chi connectivity index (χ1v) is 13.3. The third-order valence-electron chi connectivity index (χ3n) is 8.11. The van der Waals surface area contributed by atoms with Crippen molar-refractivity contribution in [2.24, 2.45) is 0 Å². The lowest BCUT2D eigenvalue weighted by Crippen LogP contribution is -2.44. The molecule has 1 saturated carbocycles. The zero-order valence-electron chi connectivity index (χ0n) is 21.2. The molecule has 2 aliphatic heterocycles. The van der Waals surface area contributed by atoms with E-state index in [1.807, 2.05) is 16.8 Å². The Morgan fingerprint density at radius 3 is 2.78 bits per heavy atom. The van der Waals surface area contributed by atoms with Crippen LogP contribution in [0.4, 0.5) is 5.82 Å². The number of carbonyl (C=O) groups is 1. The number of aromatic nitrogens is 4. The maximum Gasteiger partial charge on any atom is 0.150 e. The van der Waals surface area contributed by atoms with Crippen molar-refractivity contribution in [1.82, 2.24) is 19.7 Å². The number of morpholine rings is 1. The number of fused-ring (bicyclic) bond motifs is 1. The molecule has 0 N–H and O–H groups in total. The Labute approximate surface area is 216 Å². The van der Waals surface area contributed by atoms with Gasteiger partial charge >= 0.3 is 0 Å². The molecule has 3 aromatic rings. The van der Waals surface area contributed by atoms with Gasteiger partial charge < -0.3 is 14.4 Å². The Morgan fingerprint density at radius 2 is 2.03 bits per heavy atom. The molecule has 0 bridgehead atoms. The predicted octanol–water partition coefficient (Wildman–Crippen LogP) is 4.32. The molecule has 37 heavy (non-hydrogen) atoms. The quantitative estimate of drug-likeness (QED) is 0.521. The Bertz CT molecular complexity index is 1350. The molecule has 3 aliphatic rings. The maximum atomic E-state index is 12.1. The Hall–Kier alpha value is -3.35. The molecular formula is C28H32N6O3. The largest absolute Gasteiger partial charge is 0.377 e. The molecule has 0 radical (unpaired) electrons. The minimum absolute atomic E-state index is 0.132. The van der Waals surface area contributed by atoms with Gasteiger partial charge in [0.15, 0.2) is 6.23 Å². The highest BCUT2D eigenvalue weighted by Crippen LogP contribution is 2.43. The molecule has 192 valence electrons. The van der Waals surface area contributed by atoms with E-state index in [4.69, 9.17) is 19.4 Å². The monoisotopic (exact) mass is 500 g/mol. The van der Waals surface area contributed by atoms with E-state index in [1.165, 1.54) is 0 Å². The number of ketones is 1. The summed E-state index contributed by atoms with van der Waals surface area (Å²) in [5.41, 5.74) is 2.52. The summed E-state index contributed by atoms with van der Waals surface area (Å²) in [5.74, 6) is 1.05. The van der Waals surface area contributed by atoms with E-state index >= 15 is 0 Å². The van der Waals surface area contributed by atoms with E-state index in [9.17, 15) is 10.1 Å². The van der Waals surface area contributed by atoms with Gasteiger partial charge in [0, 0.05) is 43.8 Å². The van der Waals surface area contributed by atoms with E-state index in [2.05, 4.69) is 29.1 Å². The fourth-order valence-electron chi connectivity index (χ4n) is 5.98. The number of nitrogens with zero attached hydrogens (tertiary/aromatic N) is 6. The van der Waals surface area contributed by atoms with E-state index in [0.717, 1.165) is 66.1 Å².